The molecule has 98 valence electrons. The van der Waals surface area contributed by atoms with Crippen LogP contribution in [0.1, 0.15) is 25.5 Å². The van der Waals surface area contributed by atoms with Crippen LogP contribution in [0.4, 0.5) is 5.82 Å². The molecule has 2 fully saturated rings. The third kappa shape index (κ3) is 1.97. The van der Waals surface area contributed by atoms with E-state index in [1.54, 1.807) is 6.33 Å². The summed E-state index contributed by atoms with van der Waals surface area (Å²) < 4.78 is 5.70. The van der Waals surface area contributed by atoms with Gasteiger partial charge in [-0.15, -0.1) is 0 Å². The fourth-order valence-corrected chi connectivity index (χ4v) is 2.97. The zero-order valence-electron chi connectivity index (χ0n) is 10.7. The Labute approximate surface area is 107 Å². The van der Waals surface area contributed by atoms with Gasteiger partial charge in [0.1, 0.15) is 12.1 Å². The maximum Gasteiger partial charge on any atom is 0.129 e. The molecule has 5 heteroatoms. The average molecular weight is 248 g/mol. The molecule has 18 heavy (non-hydrogen) atoms. The lowest BCUT2D eigenvalue weighted by atomic mass is 9.72. The Morgan fingerprint density at radius 3 is 3.22 bits per heavy atom. The van der Waals surface area contributed by atoms with E-state index in [0.29, 0.717) is 5.92 Å². The molecule has 4 atom stereocenters. The number of fused-ring (bicyclic) bond motifs is 1. The van der Waals surface area contributed by atoms with Crippen molar-refractivity contribution in [3.63, 3.8) is 0 Å². The number of aromatic nitrogens is 2. The van der Waals surface area contributed by atoms with Crippen molar-refractivity contribution in [2.45, 2.75) is 44.4 Å². The highest BCUT2D eigenvalue weighted by atomic mass is 16.5. The van der Waals surface area contributed by atoms with Gasteiger partial charge in [-0.2, -0.15) is 0 Å². The largest absolute Gasteiger partial charge is 0.376 e. The summed E-state index contributed by atoms with van der Waals surface area (Å²) in [5.41, 5.74) is 7.24. The van der Waals surface area contributed by atoms with Crippen LogP contribution in [0.3, 0.4) is 0 Å². The molecule has 0 amide bonds. The lowest BCUT2D eigenvalue weighted by Crippen LogP contribution is -2.65. The molecule has 1 aromatic heterocycles. The van der Waals surface area contributed by atoms with E-state index < -0.39 is 0 Å². The van der Waals surface area contributed by atoms with Crippen LogP contribution in [-0.2, 0) is 11.2 Å². The Balaban J connectivity index is 1.67. The smallest absolute Gasteiger partial charge is 0.129 e. The molecule has 0 bridgehead atoms. The summed E-state index contributed by atoms with van der Waals surface area (Å²) in [6.45, 7) is 2.99. The van der Waals surface area contributed by atoms with Crippen molar-refractivity contribution in [2.24, 2.45) is 11.7 Å². The molecular weight excluding hydrogens is 228 g/mol. The van der Waals surface area contributed by atoms with E-state index in [2.05, 4.69) is 22.2 Å². The number of nitrogens with one attached hydrogen (secondary N) is 1. The molecule has 0 radical (unpaired) electrons. The zero-order valence-corrected chi connectivity index (χ0v) is 10.7. The maximum atomic E-state index is 6.17. The Morgan fingerprint density at radius 1 is 1.50 bits per heavy atom. The fourth-order valence-electron chi connectivity index (χ4n) is 2.97. The van der Waals surface area contributed by atoms with Crippen molar-refractivity contribution in [1.82, 2.24) is 9.97 Å². The molecule has 0 aromatic carbocycles. The van der Waals surface area contributed by atoms with E-state index in [1.165, 1.54) is 0 Å². The van der Waals surface area contributed by atoms with E-state index in [4.69, 9.17) is 10.5 Å². The molecular formula is C13H20N4O. The second-order valence-electron chi connectivity index (χ2n) is 5.18. The minimum absolute atomic E-state index is 0.182. The highest BCUT2D eigenvalue weighted by Gasteiger charge is 2.52. The Bertz CT molecular complexity index is 425. The summed E-state index contributed by atoms with van der Waals surface area (Å²) >= 11 is 0. The van der Waals surface area contributed by atoms with Gasteiger partial charge in [-0.3, -0.25) is 0 Å². The first-order chi connectivity index (χ1) is 8.79. The Kier molecular flexibility index (Phi) is 3.18. The van der Waals surface area contributed by atoms with Crippen LogP contribution < -0.4 is 11.1 Å². The SMILES string of the molecule is CCCc1cc(NC2C(N)C3CCOC32)ncn1. The Morgan fingerprint density at radius 2 is 2.39 bits per heavy atom. The standard InChI is InChI=1S/C13H20N4O/c1-2-3-8-6-10(16-7-15-8)17-12-11(14)9-4-5-18-13(9)12/h6-7,9,11-13H,2-5,14H2,1H3,(H,15,16,17). The molecule has 1 aliphatic heterocycles. The third-order valence-corrected chi connectivity index (χ3v) is 3.99. The molecule has 3 N–H and O–H groups in total. The topological polar surface area (TPSA) is 73.1 Å². The number of anilines is 1. The van der Waals surface area contributed by atoms with E-state index in [0.717, 1.165) is 37.4 Å². The van der Waals surface area contributed by atoms with Crippen molar-refractivity contribution < 1.29 is 4.74 Å². The molecule has 3 rings (SSSR count). The van der Waals surface area contributed by atoms with Crippen LogP contribution in [0.25, 0.3) is 0 Å². The summed E-state index contributed by atoms with van der Waals surface area (Å²) in [6, 6.07) is 2.39. The van der Waals surface area contributed by atoms with Crippen LogP contribution in [-0.4, -0.2) is 34.8 Å². The van der Waals surface area contributed by atoms with E-state index in [-0.39, 0.29) is 18.2 Å². The minimum atomic E-state index is 0.182. The quantitative estimate of drug-likeness (QED) is 0.830. The normalized spacial score (nSPS) is 33.9. The highest BCUT2D eigenvalue weighted by Crippen LogP contribution is 2.39. The second-order valence-corrected chi connectivity index (χ2v) is 5.18. The average Bonchev–Trinajstić information content (AvgIpc) is 2.81. The first kappa shape index (κ1) is 11.9. The van der Waals surface area contributed by atoms with Crippen LogP contribution in [0.2, 0.25) is 0 Å². The van der Waals surface area contributed by atoms with Crippen molar-refractivity contribution in [3.8, 4) is 0 Å². The molecule has 2 aliphatic rings. The number of hydrogen-bond donors (Lipinski definition) is 2. The number of hydrogen-bond acceptors (Lipinski definition) is 5. The van der Waals surface area contributed by atoms with Crippen molar-refractivity contribution in [2.75, 3.05) is 11.9 Å². The number of aryl methyl sites for hydroxylation is 1. The van der Waals surface area contributed by atoms with Gasteiger partial charge in [0.2, 0.25) is 0 Å². The number of ether oxygens (including phenoxy) is 1. The van der Waals surface area contributed by atoms with Gasteiger partial charge in [-0.1, -0.05) is 13.3 Å². The molecule has 1 aliphatic carbocycles. The summed E-state index contributed by atoms with van der Waals surface area (Å²) in [7, 11) is 0. The molecule has 1 saturated carbocycles. The third-order valence-electron chi connectivity index (χ3n) is 3.99. The van der Waals surface area contributed by atoms with Gasteiger partial charge in [-0.25, -0.2) is 9.97 Å². The van der Waals surface area contributed by atoms with Crippen molar-refractivity contribution in [1.29, 1.82) is 0 Å². The molecule has 2 heterocycles. The van der Waals surface area contributed by atoms with Crippen molar-refractivity contribution in [3.05, 3.63) is 18.1 Å². The molecule has 0 spiro atoms. The predicted octanol–water partition coefficient (Wildman–Crippen LogP) is 0.956. The lowest BCUT2D eigenvalue weighted by molar-refractivity contribution is 0.00523. The molecule has 5 nitrogen and oxygen atoms in total. The van der Waals surface area contributed by atoms with Gasteiger partial charge < -0.3 is 15.8 Å². The van der Waals surface area contributed by atoms with E-state index >= 15 is 0 Å². The molecule has 1 saturated heterocycles. The summed E-state index contributed by atoms with van der Waals surface area (Å²) in [5, 5.41) is 3.40. The monoisotopic (exact) mass is 248 g/mol. The fraction of sp³-hybridized carbons (Fsp3) is 0.692. The first-order valence-corrected chi connectivity index (χ1v) is 6.74. The zero-order chi connectivity index (χ0) is 12.5. The van der Waals surface area contributed by atoms with Crippen LogP contribution in [0, 0.1) is 5.92 Å². The summed E-state index contributed by atoms with van der Waals surface area (Å²) in [6.07, 6.45) is 5.05. The van der Waals surface area contributed by atoms with Gasteiger partial charge in [0.15, 0.2) is 0 Å². The van der Waals surface area contributed by atoms with Crippen molar-refractivity contribution >= 4 is 5.82 Å². The van der Waals surface area contributed by atoms with Gasteiger partial charge in [-0.05, 0) is 12.8 Å². The lowest BCUT2D eigenvalue weighted by Gasteiger charge is -2.45. The molecule has 4 unspecified atom stereocenters. The van der Waals surface area contributed by atoms with Gasteiger partial charge >= 0.3 is 0 Å². The second kappa shape index (κ2) is 4.82. The number of nitrogens with zero attached hydrogens (tertiary/aromatic N) is 2. The van der Waals surface area contributed by atoms with E-state index in [9.17, 15) is 0 Å². The van der Waals surface area contributed by atoms with Gasteiger partial charge in [0.05, 0.1) is 12.1 Å². The molecule has 1 aromatic rings. The summed E-state index contributed by atoms with van der Waals surface area (Å²) in [5.74, 6) is 1.39. The van der Waals surface area contributed by atoms with E-state index in [1.807, 2.05) is 6.07 Å². The van der Waals surface area contributed by atoms with Crippen LogP contribution >= 0.6 is 0 Å². The van der Waals surface area contributed by atoms with Crippen LogP contribution in [0.5, 0.6) is 0 Å². The Hall–Kier alpha value is -1.20. The predicted molar refractivity (Wildman–Crippen MR) is 69.3 cm³/mol. The maximum absolute atomic E-state index is 6.17. The summed E-state index contributed by atoms with van der Waals surface area (Å²) in [4.78, 5) is 8.51. The van der Waals surface area contributed by atoms with Crippen LogP contribution in [0.15, 0.2) is 12.4 Å². The van der Waals surface area contributed by atoms with Gasteiger partial charge in [0, 0.05) is 30.3 Å². The highest BCUT2D eigenvalue weighted by molar-refractivity contribution is 5.39. The number of nitrogens with two attached hydrogens (primary N) is 1. The number of rotatable bonds is 4. The first-order valence-electron chi connectivity index (χ1n) is 6.74. The van der Waals surface area contributed by atoms with Gasteiger partial charge in [0.25, 0.3) is 0 Å². The minimum Gasteiger partial charge on any atom is -0.376 e.